The summed E-state index contributed by atoms with van der Waals surface area (Å²) in [6.45, 7) is 2.97. The van der Waals surface area contributed by atoms with Crippen molar-refractivity contribution >= 4 is 15.7 Å². The maximum absolute atomic E-state index is 13.0. The number of anilines is 1. The average molecular weight is 331 g/mol. The Morgan fingerprint density at radius 2 is 1.78 bits per heavy atom. The van der Waals surface area contributed by atoms with Gasteiger partial charge in [-0.2, -0.15) is 0 Å². The molecule has 4 rings (SSSR count). The third-order valence-corrected chi connectivity index (χ3v) is 5.65. The molecule has 0 amide bonds. The number of hydrogen-bond acceptors (Lipinski definition) is 4. The Morgan fingerprint density at radius 3 is 2.57 bits per heavy atom. The molecule has 0 saturated heterocycles. The molecule has 0 aromatic heterocycles. The van der Waals surface area contributed by atoms with E-state index in [1.54, 1.807) is 12.1 Å². The predicted molar refractivity (Wildman–Crippen MR) is 86.8 cm³/mol. The van der Waals surface area contributed by atoms with Crippen LogP contribution in [0, 0.1) is 6.92 Å². The molecular formula is C17H17NO4S. The van der Waals surface area contributed by atoms with Crippen LogP contribution in [0.5, 0.6) is 11.5 Å². The fourth-order valence-corrected chi connectivity index (χ4v) is 4.56. The van der Waals surface area contributed by atoms with Gasteiger partial charge in [-0.05, 0) is 25.1 Å². The van der Waals surface area contributed by atoms with E-state index in [0.29, 0.717) is 48.8 Å². The summed E-state index contributed by atoms with van der Waals surface area (Å²) in [5.41, 5.74) is 3.23. The van der Waals surface area contributed by atoms with Crippen LogP contribution in [0.3, 0.4) is 0 Å². The Hall–Kier alpha value is -2.21. The molecule has 0 bridgehead atoms. The highest BCUT2D eigenvalue weighted by Crippen LogP contribution is 2.43. The SMILES string of the molecule is Cc1ccc(NS(=O)(=O)c2c3c(cc4c2OCC4)OCC3)cc1. The van der Waals surface area contributed by atoms with E-state index in [1.165, 1.54) is 0 Å². The minimum atomic E-state index is -3.73. The third-order valence-electron chi connectivity index (χ3n) is 4.17. The van der Waals surface area contributed by atoms with Crippen LogP contribution in [0.2, 0.25) is 0 Å². The van der Waals surface area contributed by atoms with Crippen LogP contribution >= 0.6 is 0 Å². The molecule has 5 nitrogen and oxygen atoms in total. The van der Waals surface area contributed by atoms with Crippen LogP contribution in [-0.4, -0.2) is 21.6 Å². The highest BCUT2D eigenvalue weighted by atomic mass is 32.2. The van der Waals surface area contributed by atoms with Gasteiger partial charge in [0.15, 0.2) is 0 Å². The summed E-state index contributed by atoms with van der Waals surface area (Å²) in [7, 11) is -3.73. The first-order chi connectivity index (χ1) is 11.0. The van der Waals surface area contributed by atoms with Gasteiger partial charge < -0.3 is 9.47 Å². The van der Waals surface area contributed by atoms with E-state index in [-0.39, 0.29) is 4.90 Å². The van der Waals surface area contributed by atoms with Crippen molar-refractivity contribution in [3.63, 3.8) is 0 Å². The molecule has 1 N–H and O–H groups in total. The Morgan fingerprint density at radius 1 is 1.04 bits per heavy atom. The number of sulfonamides is 1. The lowest BCUT2D eigenvalue weighted by Gasteiger charge is -2.15. The molecule has 120 valence electrons. The number of aryl methyl sites for hydroxylation is 1. The molecule has 0 unspecified atom stereocenters. The second-order valence-corrected chi connectivity index (χ2v) is 7.46. The second-order valence-electron chi connectivity index (χ2n) is 5.84. The lowest BCUT2D eigenvalue weighted by atomic mass is 10.1. The summed E-state index contributed by atoms with van der Waals surface area (Å²) in [5.74, 6) is 1.15. The smallest absolute Gasteiger partial charge is 0.266 e. The average Bonchev–Trinajstić information content (AvgIpc) is 3.14. The van der Waals surface area contributed by atoms with Gasteiger partial charge >= 0.3 is 0 Å². The zero-order valence-electron chi connectivity index (χ0n) is 12.8. The molecule has 0 radical (unpaired) electrons. The van der Waals surface area contributed by atoms with E-state index in [4.69, 9.17) is 9.47 Å². The van der Waals surface area contributed by atoms with Crippen molar-refractivity contribution in [2.75, 3.05) is 17.9 Å². The molecule has 0 spiro atoms. The molecule has 6 heteroatoms. The van der Waals surface area contributed by atoms with Crippen molar-refractivity contribution < 1.29 is 17.9 Å². The monoisotopic (exact) mass is 331 g/mol. The number of hydrogen-bond donors (Lipinski definition) is 1. The molecule has 0 saturated carbocycles. The summed E-state index contributed by atoms with van der Waals surface area (Å²) in [5, 5.41) is 0. The lowest BCUT2D eigenvalue weighted by molar-refractivity contribution is 0.348. The molecule has 0 aliphatic carbocycles. The highest BCUT2D eigenvalue weighted by molar-refractivity contribution is 7.92. The number of fused-ring (bicyclic) bond motifs is 2. The van der Waals surface area contributed by atoms with E-state index in [0.717, 1.165) is 11.1 Å². The van der Waals surface area contributed by atoms with E-state index >= 15 is 0 Å². The Labute approximate surface area is 135 Å². The summed E-state index contributed by atoms with van der Waals surface area (Å²) >= 11 is 0. The topological polar surface area (TPSA) is 64.6 Å². The fourth-order valence-electron chi connectivity index (χ4n) is 3.05. The van der Waals surface area contributed by atoms with Crippen LogP contribution in [-0.2, 0) is 22.9 Å². The van der Waals surface area contributed by atoms with Crippen LogP contribution in [0.25, 0.3) is 0 Å². The summed E-state index contributed by atoms with van der Waals surface area (Å²) in [6, 6.07) is 9.17. The molecule has 2 aromatic rings. The summed E-state index contributed by atoms with van der Waals surface area (Å²) < 4.78 is 39.8. The van der Waals surface area contributed by atoms with Crippen LogP contribution < -0.4 is 14.2 Å². The molecule has 0 atom stereocenters. The quantitative estimate of drug-likeness (QED) is 0.939. The first kappa shape index (κ1) is 14.4. The molecule has 2 aliphatic rings. The zero-order chi connectivity index (χ0) is 16.0. The van der Waals surface area contributed by atoms with Gasteiger partial charge in [-0.25, -0.2) is 8.42 Å². The standard InChI is InChI=1S/C17H17NO4S/c1-11-2-4-13(5-3-11)18-23(19,20)17-14-7-9-21-15(14)10-12-6-8-22-16(12)17/h2-5,10,18H,6-9H2,1H3. The number of ether oxygens (including phenoxy) is 2. The van der Waals surface area contributed by atoms with Crippen molar-refractivity contribution in [2.24, 2.45) is 0 Å². The number of benzene rings is 2. The third kappa shape index (κ3) is 2.43. The molecule has 23 heavy (non-hydrogen) atoms. The zero-order valence-corrected chi connectivity index (χ0v) is 13.6. The first-order valence-electron chi connectivity index (χ1n) is 7.58. The predicted octanol–water partition coefficient (Wildman–Crippen LogP) is 2.67. The van der Waals surface area contributed by atoms with Crippen molar-refractivity contribution in [2.45, 2.75) is 24.7 Å². The largest absolute Gasteiger partial charge is 0.493 e. The van der Waals surface area contributed by atoms with Crippen LogP contribution in [0.15, 0.2) is 35.2 Å². The number of nitrogens with one attached hydrogen (secondary N) is 1. The minimum Gasteiger partial charge on any atom is -0.493 e. The van der Waals surface area contributed by atoms with Gasteiger partial charge in [-0.15, -0.1) is 0 Å². The summed E-state index contributed by atoms with van der Waals surface area (Å²) in [4.78, 5) is 0.237. The van der Waals surface area contributed by atoms with Crippen molar-refractivity contribution in [1.82, 2.24) is 0 Å². The van der Waals surface area contributed by atoms with E-state index < -0.39 is 10.0 Å². The van der Waals surface area contributed by atoms with Gasteiger partial charge in [0.1, 0.15) is 16.4 Å². The molecule has 2 heterocycles. The van der Waals surface area contributed by atoms with Crippen molar-refractivity contribution in [3.8, 4) is 11.5 Å². The maximum atomic E-state index is 13.0. The van der Waals surface area contributed by atoms with E-state index in [1.807, 2.05) is 25.1 Å². The normalized spacial score (nSPS) is 15.5. The van der Waals surface area contributed by atoms with Crippen molar-refractivity contribution in [1.29, 1.82) is 0 Å². The maximum Gasteiger partial charge on any atom is 0.266 e. The highest BCUT2D eigenvalue weighted by Gasteiger charge is 2.33. The van der Waals surface area contributed by atoms with Gasteiger partial charge in [0.2, 0.25) is 0 Å². The lowest BCUT2D eigenvalue weighted by Crippen LogP contribution is -2.16. The Bertz CT molecular complexity index is 840. The second kappa shape index (κ2) is 5.16. The molecular weight excluding hydrogens is 314 g/mol. The minimum absolute atomic E-state index is 0.237. The van der Waals surface area contributed by atoms with Gasteiger partial charge in [-0.3, -0.25) is 4.72 Å². The van der Waals surface area contributed by atoms with Gasteiger partial charge in [0, 0.05) is 29.7 Å². The van der Waals surface area contributed by atoms with Crippen LogP contribution in [0.4, 0.5) is 5.69 Å². The Balaban J connectivity index is 1.82. The van der Waals surface area contributed by atoms with Gasteiger partial charge in [0.05, 0.1) is 13.2 Å². The van der Waals surface area contributed by atoms with E-state index in [9.17, 15) is 8.42 Å². The van der Waals surface area contributed by atoms with Gasteiger partial charge in [0.25, 0.3) is 10.0 Å². The number of rotatable bonds is 3. The Kier molecular flexibility index (Phi) is 3.23. The first-order valence-corrected chi connectivity index (χ1v) is 9.07. The molecule has 0 fully saturated rings. The van der Waals surface area contributed by atoms with E-state index in [2.05, 4.69) is 4.72 Å². The summed E-state index contributed by atoms with van der Waals surface area (Å²) in [6.07, 6.45) is 1.29. The molecule has 2 aromatic carbocycles. The van der Waals surface area contributed by atoms with Crippen molar-refractivity contribution in [3.05, 3.63) is 47.0 Å². The van der Waals surface area contributed by atoms with Gasteiger partial charge in [-0.1, -0.05) is 17.7 Å². The molecule has 2 aliphatic heterocycles. The fraction of sp³-hybridized carbons (Fsp3) is 0.294. The van der Waals surface area contributed by atoms with Crippen LogP contribution in [0.1, 0.15) is 16.7 Å².